The van der Waals surface area contributed by atoms with Crippen LogP contribution in [0.3, 0.4) is 0 Å². The first-order chi connectivity index (χ1) is 9.88. The Bertz CT molecular complexity index is 550. The van der Waals surface area contributed by atoms with Gasteiger partial charge in [0, 0.05) is 38.8 Å². The second-order valence-electron chi connectivity index (χ2n) is 4.77. The number of carbonyl (C=O) groups is 1. The smallest absolute Gasteiger partial charge is 0.219 e. The number of amides is 1. The van der Waals surface area contributed by atoms with E-state index in [4.69, 9.17) is 5.73 Å². The van der Waals surface area contributed by atoms with Crippen LogP contribution in [0.25, 0.3) is 0 Å². The van der Waals surface area contributed by atoms with Crippen LogP contribution in [0.15, 0.2) is 12.1 Å². The molecule has 2 rings (SSSR count). The maximum Gasteiger partial charge on any atom is 0.219 e. The first-order valence-electron chi connectivity index (χ1n) is 6.44. The second kappa shape index (κ2) is 6.21. The van der Waals surface area contributed by atoms with Crippen molar-refractivity contribution >= 4 is 34.6 Å². The Labute approximate surface area is 126 Å². The lowest BCUT2D eigenvalue weighted by molar-refractivity contribution is -0.129. The zero-order chi connectivity index (χ0) is 15.6. The summed E-state index contributed by atoms with van der Waals surface area (Å²) in [6, 6.07) is 2.30. The number of rotatable bonds is 2. The van der Waals surface area contributed by atoms with Crippen molar-refractivity contribution in [3.63, 3.8) is 0 Å². The zero-order valence-corrected chi connectivity index (χ0v) is 12.3. The number of piperazine rings is 1. The van der Waals surface area contributed by atoms with E-state index in [1.807, 2.05) is 0 Å². The van der Waals surface area contributed by atoms with Crippen molar-refractivity contribution in [2.45, 2.75) is 6.92 Å². The van der Waals surface area contributed by atoms with Crippen molar-refractivity contribution in [2.24, 2.45) is 5.73 Å². The predicted octanol–water partition coefficient (Wildman–Crippen LogP) is 1.29. The number of halogens is 2. The van der Waals surface area contributed by atoms with Gasteiger partial charge in [-0.2, -0.15) is 0 Å². The van der Waals surface area contributed by atoms with Crippen molar-refractivity contribution in [3.8, 4) is 0 Å². The fraction of sp³-hybridized carbons (Fsp3) is 0.385. The second-order valence-corrected chi connectivity index (χ2v) is 5.21. The predicted molar refractivity (Wildman–Crippen MR) is 81.2 cm³/mol. The highest BCUT2D eigenvalue weighted by Gasteiger charge is 2.24. The zero-order valence-electron chi connectivity index (χ0n) is 11.5. The van der Waals surface area contributed by atoms with Crippen LogP contribution in [0, 0.1) is 11.6 Å². The van der Waals surface area contributed by atoms with Gasteiger partial charge in [0.15, 0.2) is 16.7 Å². The van der Waals surface area contributed by atoms with Gasteiger partial charge in [-0.05, 0) is 24.4 Å². The highest BCUT2D eigenvalue weighted by Crippen LogP contribution is 2.28. The molecule has 1 heterocycles. The van der Waals surface area contributed by atoms with Gasteiger partial charge in [0.05, 0.1) is 0 Å². The Kier molecular flexibility index (Phi) is 4.56. The topological polar surface area (TPSA) is 61.6 Å². The Morgan fingerprint density at radius 1 is 1.24 bits per heavy atom. The van der Waals surface area contributed by atoms with E-state index in [-0.39, 0.29) is 22.4 Å². The molecule has 0 aliphatic carbocycles. The summed E-state index contributed by atoms with van der Waals surface area (Å²) in [5.41, 5.74) is 5.36. The molecule has 1 aliphatic heterocycles. The van der Waals surface area contributed by atoms with Crippen LogP contribution in [0.4, 0.5) is 20.2 Å². The molecule has 21 heavy (non-hydrogen) atoms. The minimum absolute atomic E-state index is 0.0356. The Morgan fingerprint density at radius 2 is 1.76 bits per heavy atom. The van der Waals surface area contributed by atoms with Crippen molar-refractivity contribution < 1.29 is 13.6 Å². The summed E-state index contributed by atoms with van der Waals surface area (Å²) in [7, 11) is 0. The molecule has 1 saturated heterocycles. The number of benzene rings is 1. The Morgan fingerprint density at radius 3 is 2.19 bits per heavy atom. The lowest BCUT2D eigenvalue weighted by Crippen LogP contribution is -2.48. The molecule has 0 unspecified atom stereocenters. The van der Waals surface area contributed by atoms with E-state index in [0.29, 0.717) is 26.2 Å². The first kappa shape index (κ1) is 15.4. The number of nitrogens with two attached hydrogens (primary N) is 1. The molecule has 0 aromatic heterocycles. The SMILES string of the molecule is CC(=O)N1CCN(c2c(F)cc(NC(N)=S)cc2F)CC1. The van der Waals surface area contributed by atoms with Gasteiger partial charge in [-0.3, -0.25) is 4.79 Å². The molecule has 5 nitrogen and oxygen atoms in total. The maximum atomic E-state index is 14.1. The van der Waals surface area contributed by atoms with E-state index in [1.54, 1.807) is 9.80 Å². The quantitative estimate of drug-likeness (QED) is 0.806. The van der Waals surface area contributed by atoms with Crippen LogP contribution >= 0.6 is 12.2 Å². The van der Waals surface area contributed by atoms with Crippen LogP contribution < -0.4 is 16.0 Å². The number of hydrogen-bond acceptors (Lipinski definition) is 3. The summed E-state index contributed by atoms with van der Waals surface area (Å²) in [6.45, 7) is 3.14. The van der Waals surface area contributed by atoms with Gasteiger partial charge in [-0.15, -0.1) is 0 Å². The highest BCUT2D eigenvalue weighted by molar-refractivity contribution is 7.80. The average Bonchev–Trinajstić information content (AvgIpc) is 2.37. The highest BCUT2D eigenvalue weighted by atomic mass is 32.1. The number of hydrogen-bond donors (Lipinski definition) is 2. The molecule has 1 aromatic carbocycles. The molecule has 0 radical (unpaired) electrons. The molecule has 1 fully saturated rings. The van der Waals surface area contributed by atoms with Crippen LogP contribution in [-0.4, -0.2) is 42.1 Å². The monoisotopic (exact) mass is 314 g/mol. The van der Waals surface area contributed by atoms with Gasteiger partial charge in [0.1, 0.15) is 5.69 Å². The summed E-state index contributed by atoms with van der Waals surface area (Å²) in [4.78, 5) is 14.5. The molecule has 0 atom stereocenters. The van der Waals surface area contributed by atoms with Crippen molar-refractivity contribution in [1.82, 2.24) is 4.90 Å². The van der Waals surface area contributed by atoms with E-state index in [1.165, 1.54) is 6.92 Å². The number of nitrogens with one attached hydrogen (secondary N) is 1. The largest absolute Gasteiger partial charge is 0.376 e. The fourth-order valence-corrected chi connectivity index (χ4v) is 2.44. The third kappa shape index (κ3) is 3.57. The van der Waals surface area contributed by atoms with Crippen molar-refractivity contribution in [3.05, 3.63) is 23.8 Å². The summed E-state index contributed by atoms with van der Waals surface area (Å²) in [5, 5.41) is 2.44. The molecule has 3 N–H and O–H groups in total. The van der Waals surface area contributed by atoms with Gasteiger partial charge in [0.2, 0.25) is 5.91 Å². The van der Waals surface area contributed by atoms with Gasteiger partial charge in [-0.25, -0.2) is 8.78 Å². The molecule has 8 heteroatoms. The number of nitrogens with zero attached hydrogens (tertiary/aromatic N) is 2. The number of anilines is 2. The molecule has 114 valence electrons. The first-order valence-corrected chi connectivity index (χ1v) is 6.85. The molecular formula is C13H16F2N4OS. The van der Waals surface area contributed by atoms with Gasteiger partial charge in [-0.1, -0.05) is 0 Å². The molecule has 1 aromatic rings. The lowest BCUT2D eigenvalue weighted by Gasteiger charge is -2.35. The van der Waals surface area contributed by atoms with E-state index >= 15 is 0 Å². The average molecular weight is 314 g/mol. The van der Waals surface area contributed by atoms with Crippen LogP contribution in [0.1, 0.15) is 6.92 Å². The van der Waals surface area contributed by atoms with Gasteiger partial charge < -0.3 is 20.9 Å². The molecule has 0 bridgehead atoms. The number of thiocarbonyl (C=S) groups is 1. The maximum absolute atomic E-state index is 14.1. The van der Waals surface area contributed by atoms with Crippen molar-refractivity contribution in [1.29, 1.82) is 0 Å². The van der Waals surface area contributed by atoms with E-state index in [0.717, 1.165) is 12.1 Å². The summed E-state index contributed by atoms with van der Waals surface area (Å²) in [6.07, 6.45) is 0. The summed E-state index contributed by atoms with van der Waals surface area (Å²) >= 11 is 4.63. The standard InChI is InChI=1S/C13H16F2N4OS/c1-8(20)18-2-4-19(5-3-18)12-10(14)6-9(7-11(12)15)17-13(16)21/h6-7H,2-5H2,1H3,(H3,16,17,21). The van der Waals surface area contributed by atoms with Crippen LogP contribution in [-0.2, 0) is 4.79 Å². The molecule has 1 aliphatic rings. The Hall–Kier alpha value is -1.96. The summed E-state index contributed by atoms with van der Waals surface area (Å²) < 4.78 is 28.2. The molecule has 0 saturated carbocycles. The normalized spacial score (nSPS) is 15.0. The summed E-state index contributed by atoms with van der Waals surface area (Å²) in [5.74, 6) is -1.42. The Balaban J connectivity index is 2.17. The van der Waals surface area contributed by atoms with Crippen LogP contribution in [0.2, 0.25) is 0 Å². The minimum Gasteiger partial charge on any atom is -0.376 e. The van der Waals surface area contributed by atoms with E-state index in [9.17, 15) is 13.6 Å². The third-order valence-corrected chi connectivity index (χ3v) is 3.43. The number of carbonyl (C=O) groups excluding carboxylic acids is 1. The van der Waals surface area contributed by atoms with E-state index in [2.05, 4.69) is 17.5 Å². The van der Waals surface area contributed by atoms with Gasteiger partial charge in [0.25, 0.3) is 0 Å². The van der Waals surface area contributed by atoms with Crippen molar-refractivity contribution in [2.75, 3.05) is 36.4 Å². The molecule has 1 amide bonds. The molecule has 0 spiro atoms. The third-order valence-electron chi connectivity index (χ3n) is 3.33. The lowest BCUT2D eigenvalue weighted by atomic mass is 10.2. The van der Waals surface area contributed by atoms with Crippen LogP contribution in [0.5, 0.6) is 0 Å². The minimum atomic E-state index is -0.690. The van der Waals surface area contributed by atoms with Gasteiger partial charge >= 0.3 is 0 Å². The fourth-order valence-electron chi connectivity index (χ4n) is 2.33. The molecular weight excluding hydrogens is 298 g/mol. The van der Waals surface area contributed by atoms with E-state index < -0.39 is 11.6 Å².